The van der Waals surface area contributed by atoms with Crippen LogP contribution in [-0.2, 0) is 22.7 Å². The molecule has 7 nitrogen and oxygen atoms in total. The molecule has 5 rings (SSSR count). The number of nitrogens with zero attached hydrogens (tertiary/aromatic N) is 4. The molecular formula is C27H32N4O3. The van der Waals surface area contributed by atoms with Crippen LogP contribution in [0.1, 0.15) is 37.9 Å². The lowest BCUT2D eigenvalue weighted by Gasteiger charge is -2.35. The van der Waals surface area contributed by atoms with Crippen molar-refractivity contribution >= 4 is 22.8 Å². The summed E-state index contributed by atoms with van der Waals surface area (Å²) in [5.74, 6) is 1.90. The number of piperidine rings is 2. The van der Waals surface area contributed by atoms with Gasteiger partial charge in [0.15, 0.2) is 0 Å². The highest BCUT2D eigenvalue weighted by Gasteiger charge is 2.31. The molecule has 2 aliphatic rings. The summed E-state index contributed by atoms with van der Waals surface area (Å²) in [6, 6.07) is 17.5. The number of rotatable bonds is 6. The van der Waals surface area contributed by atoms with Gasteiger partial charge in [0, 0.05) is 32.1 Å². The molecule has 2 fully saturated rings. The third-order valence-electron chi connectivity index (χ3n) is 7.00. The zero-order chi connectivity index (χ0) is 23.3. The summed E-state index contributed by atoms with van der Waals surface area (Å²) in [5, 5.41) is 0. The van der Waals surface area contributed by atoms with E-state index in [0.29, 0.717) is 19.7 Å². The molecule has 0 N–H and O–H groups in total. The molecule has 0 unspecified atom stereocenters. The van der Waals surface area contributed by atoms with Crippen molar-refractivity contribution in [3.63, 3.8) is 0 Å². The number of hydrogen-bond acceptors (Lipinski definition) is 4. The van der Waals surface area contributed by atoms with Crippen LogP contribution in [0.2, 0.25) is 0 Å². The summed E-state index contributed by atoms with van der Waals surface area (Å²) in [7, 11) is 0. The third kappa shape index (κ3) is 4.93. The molecule has 7 heteroatoms. The highest BCUT2D eigenvalue weighted by Crippen LogP contribution is 2.23. The van der Waals surface area contributed by atoms with Crippen LogP contribution in [0.3, 0.4) is 0 Å². The number of likely N-dealkylation sites (tertiary alicyclic amines) is 2. The quantitative estimate of drug-likeness (QED) is 0.560. The van der Waals surface area contributed by atoms with Crippen LogP contribution in [0.4, 0.5) is 0 Å². The minimum absolute atomic E-state index is 0.0473. The fraction of sp³-hybridized carbons (Fsp3) is 0.444. The number of aromatic nitrogens is 2. The van der Waals surface area contributed by atoms with Gasteiger partial charge in [-0.15, -0.1) is 0 Å². The maximum atomic E-state index is 13.3. The fourth-order valence-corrected chi connectivity index (χ4v) is 5.06. The first-order chi connectivity index (χ1) is 16.7. The van der Waals surface area contributed by atoms with Gasteiger partial charge < -0.3 is 19.1 Å². The van der Waals surface area contributed by atoms with E-state index in [9.17, 15) is 9.59 Å². The van der Waals surface area contributed by atoms with Crippen LogP contribution in [0.15, 0.2) is 54.6 Å². The lowest BCUT2D eigenvalue weighted by molar-refractivity contribution is -0.141. The Morgan fingerprint density at radius 3 is 2.32 bits per heavy atom. The van der Waals surface area contributed by atoms with Crippen molar-refractivity contribution in [3.8, 4) is 5.75 Å². The molecular weight excluding hydrogens is 428 g/mol. The maximum absolute atomic E-state index is 13.3. The predicted molar refractivity (Wildman–Crippen MR) is 130 cm³/mol. The van der Waals surface area contributed by atoms with Crippen LogP contribution in [0.25, 0.3) is 11.0 Å². The van der Waals surface area contributed by atoms with Crippen molar-refractivity contribution in [2.75, 3.05) is 26.2 Å². The van der Waals surface area contributed by atoms with E-state index in [1.54, 1.807) is 0 Å². The first kappa shape index (κ1) is 22.4. The predicted octanol–water partition coefficient (Wildman–Crippen LogP) is 3.87. The number of amides is 2. The molecule has 0 spiro atoms. The summed E-state index contributed by atoms with van der Waals surface area (Å²) in [6.07, 6.45) is 4.93. The second-order valence-corrected chi connectivity index (χ2v) is 9.25. The Kier molecular flexibility index (Phi) is 6.79. The molecule has 2 saturated heterocycles. The number of benzene rings is 2. The molecule has 2 amide bonds. The number of carbonyl (C=O) groups excluding carboxylic acids is 2. The zero-order valence-corrected chi connectivity index (χ0v) is 19.6. The molecule has 0 saturated carbocycles. The van der Waals surface area contributed by atoms with E-state index in [2.05, 4.69) is 0 Å². The van der Waals surface area contributed by atoms with Gasteiger partial charge in [-0.3, -0.25) is 9.59 Å². The Balaban J connectivity index is 1.24. The number of fused-ring (bicyclic) bond motifs is 1. The largest absolute Gasteiger partial charge is 0.486 e. The Morgan fingerprint density at radius 2 is 1.56 bits per heavy atom. The van der Waals surface area contributed by atoms with Gasteiger partial charge >= 0.3 is 0 Å². The first-order valence-corrected chi connectivity index (χ1v) is 12.4. The normalized spacial score (nSPS) is 17.2. The lowest BCUT2D eigenvalue weighted by Crippen LogP contribution is -2.46. The second kappa shape index (κ2) is 10.3. The maximum Gasteiger partial charge on any atom is 0.242 e. The average Bonchev–Trinajstić information content (AvgIpc) is 3.25. The molecule has 3 aromatic rings. The van der Waals surface area contributed by atoms with Crippen molar-refractivity contribution in [2.24, 2.45) is 5.92 Å². The van der Waals surface area contributed by atoms with Crippen LogP contribution in [0.5, 0.6) is 5.75 Å². The highest BCUT2D eigenvalue weighted by atomic mass is 16.5. The van der Waals surface area contributed by atoms with E-state index >= 15 is 0 Å². The van der Waals surface area contributed by atoms with Gasteiger partial charge in [-0.1, -0.05) is 30.3 Å². The van der Waals surface area contributed by atoms with Gasteiger partial charge in [0.2, 0.25) is 11.8 Å². The van der Waals surface area contributed by atoms with E-state index in [0.717, 1.165) is 61.4 Å². The average molecular weight is 461 g/mol. The molecule has 0 atom stereocenters. The van der Waals surface area contributed by atoms with E-state index in [1.807, 2.05) is 69.0 Å². The van der Waals surface area contributed by atoms with Gasteiger partial charge in [0.05, 0.1) is 11.0 Å². The highest BCUT2D eigenvalue weighted by molar-refractivity contribution is 5.82. The molecule has 3 heterocycles. The van der Waals surface area contributed by atoms with E-state index < -0.39 is 0 Å². The Labute approximate surface area is 200 Å². The molecule has 0 bridgehead atoms. The van der Waals surface area contributed by atoms with E-state index in [4.69, 9.17) is 9.72 Å². The van der Waals surface area contributed by atoms with Crippen LogP contribution in [0, 0.1) is 5.92 Å². The molecule has 2 aromatic carbocycles. The van der Waals surface area contributed by atoms with Gasteiger partial charge in [-0.2, -0.15) is 0 Å². The number of ether oxygens (including phenoxy) is 1. The summed E-state index contributed by atoms with van der Waals surface area (Å²) in [4.78, 5) is 34.8. The van der Waals surface area contributed by atoms with Crippen molar-refractivity contribution in [2.45, 2.75) is 45.3 Å². The topological polar surface area (TPSA) is 67.7 Å². The lowest BCUT2D eigenvalue weighted by atomic mass is 9.94. The monoisotopic (exact) mass is 460 g/mol. The Morgan fingerprint density at radius 1 is 0.853 bits per heavy atom. The van der Waals surface area contributed by atoms with Gasteiger partial charge in [-0.05, 0) is 56.4 Å². The number of hydrogen-bond donors (Lipinski definition) is 0. The van der Waals surface area contributed by atoms with Crippen LogP contribution < -0.4 is 4.74 Å². The smallest absolute Gasteiger partial charge is 0.242 e. The Hall–Kier alpha value is -3.35. The number of para-hydroxylation sites is 3. The van der Waals surface area contributed by atoms with Crippen molar-refractivity contribution < 1.29 is 14.3 Å². The van der Waals surface area contributed by atoms with Crippen molar-refractivity contribution in [3.05, 3.63) is 60.4 Å². The molecule has 0 aliphatic carbocycles. The van der Waals surface area contributed by atoms with Crippen molar-refractivity contribution in [1.82, 2.24) is 19.4 Å². The molecule has 2 aliphatic heterocycles. The second-order valence-electron chi connectivity index (χ2n) is 9.25. The van der Waals surface area contributed by atoms with Crippen LogP contribution >= 0.6 is 0 Å². The number of carbonyl (C=O) groups is 2. The Bertz CT molecular complexity index is 1130. The minimum Gasteiger partial charge on any atom is -0.486 e. The molecule has 1 aromatic heterocycles. The van der Waals surface area contributed by atoms with Crippen molar-refractivity contribution in [1.29, 1.82) is 0 Å². The molecule has 178 valence electrons. The van der Waals surface area contributed by atoms with Gasteiger partial charge in [0.25, 0.3) is 0 Å². The first-order valence-electron chi connectivity index (χ1n) is 12.4. The molecule has 34 heavy (non-hydrogen) atoms. The fourth-order valence-electron chi connectivity index (χ4n) is 5.06. The van der Waals surface area contributed by atoms with E-state index in [-0.39, 0.29) is 24.3 Å². The summed E-state index contributed by atoms with van der Waals surface area (Å²) >= 11 is 0. The van der Waals surface area contributed by atoms with Crippen LogP contribution in [-0.4, -0.2) is 57.3 Å². The summed E-state index contributed by atoms with van der Waals surface area (Å²) < 4.78 is 7.90. The van der Waals surface area contributed by atoms with Gasteiger partial charge in [-0.25, -0.2) is 4.98 Å². The summed E-state index contributed by atoms with van der Waals surface area (Å²) in [5.41, 5.74) is 1.78. The standard InChI is InChI=1S/C27H32N4O3/c32-26(29-17-13-21(14-18-29)27(33)30-15-7-2-8-16-30)19-31-24-12-6-5-11-23(24)28-25(31)20-34-22-9-3-1-4-10-22/h1,3-6,9-12,21H,2,7-8,13-20H2. The molecule has 0 radical (unpaired) electrons. The third-order valence-corrected chi connectivity index (χ3v) is 7.00. The van der Waals surface area contributed by atoms with Gasteiger partial charge in [0.1, 0.15) is 24.7 Å². The van der Waals surface area contributed by atoms with E-state index in [1.165, 1.54) is 6.42 Å². The minimum atomic E-state index is 0.0473. The SMILES string of the molecule is O=C(Cn1c(COc2ccccc2)nc2ccccc21)N1CCC(C(=O)N2CCCCC2)CC1. The summed E-state index contributed by atoms with van der Waals surface area (Å²) in [6.45, 7) is 3.55. The zero-order valence-electron chi connectivity index (χ0n) is 19.6. The number of imidazole rings is 1.